The molecular weight excluding hydrogens is 244 g/mol. The van der Waals surface area contributed by atoms with E-state index in [1.54, 1.807) is 4.90 Å². The number of likely N-dealkylation sites (tertiary alicyclic amines) is 1. The van der Waals surface area contributed by atoms with E-state index in [4.69, 9.17) is 5.11 Å². The summed E-state index contributed by atoms with van der Waals surface area (Å²) in [4.78, 5) is 27.3. The maximum atomic E-state index is 12.5. The average Bonchev–Trinajstić information content (AvgIpc) is 2.86. The Kier molecular flexibility index (Phi) is 6.28. The van der Waals surface area contributed by atoms with Crippen LogP contribution in [0.5, 0.6) is 0 Å². The predicted octanol–water partition coefficient (Wildman–Crippen LogP) is 1.57. The molecule has 2 atom stereocenters. The van der Waals surface area contributed by atoms with Crippen LogP contribution in [-0.2, 0) is 9.59 Å². The van der Waals surface area contributed by atoms with Gasteiger partial charge < -0.3 is 10.0 Å². The molecule has 0 bridgehead atoms. The number of aliphatic carboxylic acids is 1. The topological polar surface area (TPSA) is 60.9 Å². The van der Waals surface area contributed by atoms with Crippen LogP contribution in [-0.4, -0.2) is 58.5 Å². The highest BCUT2D eigenvalue weighted by Gasteiger charge is 2.37. The first-order valence-electron chi connectivity index (χ1n) is 7.30. The molecule has 1 heterocycles. The lowest BCUT2D eigenvalue weighted by molar-refractivity contribution is -0.150. The van der Waals surface area contributed by atoms with Gasteiger partial charge in [0.15, 0.2) is 0 Å². The van der Waals surface area contributed by atoms with Crippen molar-refractivity contribution in [2.75, 3.05) is 19.6 Å². The van der Waals surface area contributed by atoms with Gasteiger partial charge in [0.25, 0.3) is 0 Å². The van der Waals surface area contributed by atoms with E-state index in [1.165, 1.54) is 0 Å². The molecule has 5 heteroatoms. The molecule has 0 aliphatic carbocycles. The lowest BCUT2D eigenvalue weighted by Crippen LogP contribution is -2.50. The van der Waals surface area contributed by atoms with Crippen LogP contribution in [0.15, 0.2) is 0 Å². The fraction of sp³-hybridized carbons (Fsp3) is 0.857. The van der Waals surface area contributed by atoms with Gasteiger partial charge in [0.1, 0.15) is 6.04 Å². The van der Waals surface area contributed by atoms with Gasteiger partial charge in [-0.2, -0.15) is 0 Å². The zero-order valence-corrected chi connectivity index (χ0v) is 12.3. The highest BCUT2D eigenvalue weighted by Crippen LogP contribution is 2.20. The summed E-state index contributed by atoms with van der Waals surface area (Å²) in [5.41, 5.74) is 0. The quantitative estimate of drug-likeness (QED) is 0.763. The third-order valence-corrected chi connectivity index (χ3v) is 3.75. The predicted molar refractivity (Wildman–Crippen MR) is 74.0 cm³/mol. The second kappa shape index (κ2) is 7.48. The third kappa shape index (κ3) is 3.93. The molecule has 1 amide bonds. The molecule has 0 spiro atoms. The normalized spacial score (nSPS) is 20.8. The second-order valence-electron chi connectivity index (χ2n) is 5.24. The first kappa shape index (κ1) is 16.0. The van der Waals surface area contributed by atoms with E-state index in [1.807, 2.05) is 6.92 Å². The summed E-state index contributed by atoms with van der Waals surface area (Å²) in [5.74, 6) is -0.914. The maximum Gasteiger partial charge on any atom is 0.326 e. The van der Waals surface area contributed by atoms with Crippen LogP contribution in [0.4, 0.5) is 0 Å². The van der Waals surface area contributed by atoms with Crippen LogP contribution in [0, 0.1) is 0 Å². The first-order valence-corrected chi connectivity index (χ1v) is 7.30. The Morgan fingerprint density at radius 3 is 2.37 bits per heavy atom. The number of carboxylic acid groups (broad SMARTS) is 1. The monoisotopic (exact) mass is 270 g/mol. The number of rotatable bonds is 7. The standard InChI is InChI=1S/C14H26N2O3/c1-4-8-15(9-5-2)11(3)13(17)16-10-6-7-12(16)14(18)19/h11-12H,4-10H2,1-3H3,(H,18,19). The fourth-order valence-electron chi connectivity index (χ4n) is 2.76. The summed E-state index contributed by atoms with van der Waals surface area (Å²) < 4.78 is 0. The van der Waals surface area contributed by atoms with Crippen LogP contribution >= 0.6 is 0 Å². The van der Waals surface area contributed by atoms with E-state index in [9.17, 15) is 9.59 Å². The lowest BCUT2D eigenvalue weighted by Gasteiger charge is -2.32. The molecule has 19 heavy (non-hydrogen) atoms. The second-order valence-corrected chi connectivity index (χ2v) is 5.24. The molecule has 1 rings (SSSR count). The number of hydrogen-bond donors (Lipinski definition) is 1. The molecule has 0 radical (unpaired) electrons. The van der Waals surface area contributed by atoms with Gasteiger partial charge in [-0.05, 0) is 45.7 Å². The largest absolute Gasteiger partial charge is 0.480 e. The van der Waals surface area contributed by atoms with Crippen molar-refractivity contribution in [3.8, 4) is 0 Å². The zero-order valence-electron chi connectivity index (χ0n) is 12.3. The molecule has 110 valence electrons. The summed E-state index contributed by atoms with van der Waals surface area (Å²) in [6, 6.07) is -0.847. The smallest absolute Gasteiger partial charge is 0.326 e. The Morgan fingerprint density at radius 1 is 1.32 bits per heavy atom. The minimum absolute atomic E-state index is 0.0354. The van der Waals surface area contributed by atoms with Gasteiger partial charge in [-0.15, -0.1) is 0 Å². The molecule has 0 saturated carbocycles. The Balaban J connectivity index is 2.71. The van der Waals surface area contributed by atoms with E-state index in [2.05, 4.69) is 18.7 Å². The van der Waals surface area contributed by atoms with Crippen molar-refractivity contribution >= 4 is 11.9 Å². The Bertz CT molecular complexity index is 314. The zero-order chi connectivity index (χ0) is 14.4. The molecular formula is C14H26N2O3. The Morgan fingerprint density at radius 2 is 1.89 bits per heavy atom. The molecule has 1 fully saturated rings. The molecule has 1 N–H and O–H groups in total. The van der Waals surface area contributed by atoms with Gasteiger partial charge in [-0.1, -0.05) is 13.8 Å². The van der Waals surface area contributed by atoms with Gasteiger partial charge in [0.2, 0.25) is 5.91 Å². The van der Waals surface area contributed by atoms with Crippen LogP contribution in [0.2, 0.25) is 0 Å². The van der Waals surface area contributed by atoms with Crippen molar-refractivity contribution < 1.29 is 14.7 Å². The third-order valence-electron chi connectivity index (χ3n) is 3.75. The summed E-state index contributed by atoms with van der Waals surface area (Å²) in [7, 11) is 0. The maximum absolute atomic E-state index is 12.5. The molecule has 2 unspecified atom stereocenters. The summed E-state index contributed by atoms with van der Waals surface area (Å²) in [5, 5.41) is 9.15. The van der Waals surface area contributed by atoms with Gasteiger partial charge in [-0.25, -0.2) is 4.79 Å². The van der Waals surface area contributed by atoms with Crippen molar-refractivity contribution in [3.63, 3.8) is 0 Å². The highest BCUT2D eigenvalue weighted by atomic mass is 16.4. The molecule has 0 aromatic heterocycles. The fourth-order valence-corrected chi connectivity index (χ4v) is 2.76. The van der Waals surface area contributed by atoms with Crippen LogP contribution < -0.4 is 0 Å². The van der Waals surface area contributed by atoms with Crippen LogP contribution in [0.3, 0.4) is 0 Å². The number of hydrogen-bond acceptors (Lipinski definition) is 3. The van der Waals surface area contributed by atoms with Crippen molar-refractivity contribution in [1.82, 2.24) is 9.80 Å². The summed E-state index contributed by atoms with van der Waals surface area (Å²) in [6.07, 6.45) is 3.37. The molecule has 0 aromatic carbocycles. The van der Waals surface area contributed by atoms with E-state index in [0.29, 0.717) is 13.0 Å². The van der Waals surface area contributed by atoms with Gasteiger partial charge in [0, 0.05) is 6.54 Å². The Labute approximate surface area is 115 Å². The molecule has 1 aliphatic heterocycles. The first-order chi connectivity index (χ1) is 9.02. The van der Waals surface area contributed by atoms with E-state index in [0.717, 1.165) is 32.4 Å². The van der Waals surface area contributed by atoms with Crippen molar-refractivity contribution in [2.24, 2.45) is 0 Å². The van der Waals surface area contributed by atoms with Gasteiger partial charge in [-0.3, -0.25) is 9.69 Å². The number of carbonyl (C=O) groups is 2. The van der Waals surface area contributed by atoms with E-state index < -0.39 is 12.0 Å². The van der Waals surface area contributed by atoms with E-state index in [-0.39, 0.29) is 11.9 Å². The molecule has 5 nitrogen and oxygen atoms in total. The minimum atomic E-state index is -0.879. The van der Waals surface area contributed by atoms with Gasteiger partial charge in [0.05, 0.1) is 6.04 Å². The van der Waals surface area contributed by atoms with Crippen LogP contribution in [0.1, 0.15) is 46.5 Å². The van der Waals surface area contributed by atoms with Crippen molar-refractivity contribution in [2.45, 2.75) is 58.5 Å². The summed E-state index contributed by atoms with van der Waals surface area (Å²) in [6.45, 7) is 8.42. The molecule has 1 saturated heterocycles. The number of nitrogens with zero attached hydrogens (tertiary/aromatic N) is 2. The van der Waals surface area contributed by atoms with Gasteiger partial charge >= 0.3 is 5.97 Å². The number of carbonyl (C=O) groups excluding carboxylic acids is 1. The molecule has 1 aliphatic rings. The number of carboxylic acids is 1. The van der Waals surface area contributed by atoms with Crippen molar-refractivity contribution in [3.05, 3.63) is 0 Å². The lowest BCUT2D eigenvalue weighted by atomic mass is 10.2. The van der Waals surface area contributed by atoms with E-state index >= 15 is 0 Å². The Hall–Kier alpha value is -1.10. The number of amides is 1. The highest BCUT2D eigenvalue weighted by molar-refractivity contribution is 5.87. The molecule has 0 aromatic rings. The SMILES string of the molecule is CCCN(CCC)C(C)C(=O)N1CCCC1C(=O)O. The summed E-state index contributed by atoms with van der Waals surface area (Å²) >= 11 is 0. The van der Waals surface area contributed by atoms with Crippen molar-refractivity contribution in [1.29, 1.82) is 0 Å². The minimum Gasteiger partial charge on any atom is -0.480 e. The average molecular weight is 270 g/mol. The van der Waals surface area contributed by atoms with Crippen LogP contribution in [0.25, 0.3) is 0 Å².